The van der Waals surface area contributed by atoms with E-state index in [0.29, 0.717) is 0 Å². The fraction of sp³-hybridized carbons (Fsp3) is 0.364. The number of nitrogens with one attached hydrogen (secondary N) is 1. The monoisotopic (exact) mass is 261 g/mol. The van der Waals surface area contributed by atoms with Crippen molar-refractivity contribution in [3.05, 3.63) is 30.3 Å². The molecule has 100 valence electrons. The van der Waals surface area contributed by atoms with Gasteiger partial charge in [0.25, 0.3) is 0 Å². The zero-order valence-electron chi connectivity index (χ0n) is 9.57. The van der Waals surface area contributed by atoms with Crippen LogP contribution in [-0.2, 0) is 4.74 Å². The zero-order chi connectivity index (χ0) is 13.4. The SMILES string of the molecule is NC(=NCCOCC(F)(F)F)Nc1ccccc1. The van der Waals surface area contributed by atoms with Crippen LogP contribution >= 0.6 is 0 Å². The summed E-state index contributed by atoms with van der Waals surface area (Å²) in [5.74, 6) is 0.136. The van der Waals surface area contributed by atoms with Gasteiger partial charge >= 0.3 is 6.18 Å². The number of hydrogen-bond donors (Lipinski definition) is 2. The quantitative estimate of drug-likeness (QED) is 0.484. The lowest BCUT2D eigenvalue weighted by atomic mass is 10.3. The van der Waals surface area contributed by atoms with Crippen LogP contribution in [0.15, 0.2) is 35.3 Å². The molecule has 18 heavy (non-hydrogen) atoms. The van der Waals surface area contributed by atoms with Crippen molar-refractivity contribution in [1.29, 1.82) is 0 Å². The van der Waals surface area contributed by atoms with Crippen LogP contribution in [0.2, 0.25) is 0 Å². The van der Waals surface area contributed by atoms with Gasteiger partial charge in [-0.3, -0.25) is 4.99 Å². The van der Waals surface area contributed by atoms with Gasteiger partial charge in [-0.2, -0.15) is 13.2 Å². The maximum Gasteiger partial charge on any atom is 0.411 e. The van der Waals surface area contributed by atoms with Crippen LogP contribution in [0.4, 0.5) is 18.9 Å². The predicted molar refractivity (Wildman–Crippen MR) is 63.4 cm³/mol. The molecule has 4 nitrogen and oxygen atoms in total. The lowest BCUT2D eigenvalue weighted by Crippen LogP contribution is -2.24. The van der Waals surface area contributed by atoms with Gasteiger partial charge in [0, 0.05) is 5.69 Å². The van der Waals surface area contributed by atoms with Crippen molar-refractivity contribution >= 4 is 11.6 Å². The molecule has 0 heterocycles. The summed E-state index contributed by atoms with van der Waals surface area (Å²) in [7, 11) is 0. The van der Waals surface area contributed by atoms with Crippen LogP contribution < -0.4 is 11.1 Å². The molecule has 0 aliphatic rings. The van der Waals surface area contributed by atoms with Crippen molar-refractivity contribution in [3.8, 4) is 0 Å². The van der Waals surface area contributed by atoms with E-state index in [2.05, 4.69) is 15.0 Å². The summed E-state index contributed by atoms with van der Waals surface area (Å²) in [6, 6.07) is 9.08. The van der Waals surface area contributed by atoms with Crippen molar-refractivity contribution < 1.29 is 17.9 Å². The highest BCUT2D eigenvalue weighted by Gasteiger charge is 2.27. The molecule has 0 bridgehead atoms. The van der Waals surface area contributed by atoms with Gasteiger partial charge in [-0.15, -0.1) is 0 Å². The minimum Gasteiger partial charge on any atom is -0.370 e. The second-order valence-electron chi connectivity index (χ2n) is 3.43. The van der Waals surface area contributed by atoms with E-state index in [4.69, 9.17) is 5.73 Å². The molecule has 0 saturated heterocycles. The van der Waals surface area contributed by atoms with E-state index >= 15 is 0 Å². The Morgan fingerprint density at radius 1 is 1.28 bits per heavy atom. The molecule has 3 N–H and O–H groups in total. The van der Waals surface area contributed by atoms with Gasteiger partial charge in [-0.05, 0) is 12.1 Å². The van der Waals surface area contributed by atoms with Gasteiger partial charge in [-0.1, -0.05) is 18.2 Å². The molecule has 7 heteroatoms. The number of aliphatic imine (C=N–C) groups is 1. The zero-order valence-corrected chi connectivity index (χ0v) is 9.57. The number of para-hydroxylation sites is 1. The minimum atomic E-state index is -4.31. The van der Waals surface area contributed by atoms with Gasteiger partial charge in [0.1, 0.15) is 6.61 Å². The number of anilines is 1. The lowest BCUT2D eigenvalue weighted by molar-refractivity contribution is -0.173. The molecule has 0 aliphatic carbocycles. The number of ether oxygens (including phenoxy) is 1. The lowest BCUT2D eigenvalue weighted by Gasteiger charge is -2.07. The van der Waals surface area contributed by atoms with E-state index in [1.54, 1.807) is 12.1 Å². The first-order valence-corrected chi connectivity index (χ1v) is 5.24. The number of benzene rings is 1. The van der Waals surface area contributed by atoms with Crippen LogP contribution in [-0.4, -0.2) is 31.9 Å². The van der Waals surface area contributed by atoms with Crippen molar-refractivity contribution in [1.82, 2.24) is 0 Å². The van der Waals surface area contributed by atoms with Crippen LogP contribution in [0, 0.1) is 0 Å². The fourth-order valence-electron chi connectivity index (χ4n) is 1.13. The molecule has 0 atom stereocenters. The third kappa shape index (κ3) is 6.74. The summed E-state index contributed by atoms with van der Waals surface area (Å²) in [4.78, 5) is 3.83. The van der Waals surface area contributed by atoms with Gasteiger partial charge in [0.2, 0.25) is 0 Å². The molecular formula is C11H14F3N3O. The maximum atomic E-state index is 11.7. The number of halogens is 3. The van der Waals surface area contributed by atoms with Crippen molar-refractivity contribution in [2.45, 2.75) is 6.18 Å². The Balaban J connectivity index is 2.22. The Morgan fingerprint density at radius 2 is 1.94 bits per heavy atom. The van der Waals surface area contributed by atoms with E-state index in [1.807, 2.05) is 18.2 Å². The molecule has 0 spiro atoms. The van der Waals surface area contributed by atoms with Crippen molar-refractivity contribution in [2.24, 2.45) is 10.7 Å². The molecule has 0 saturated carbocycles. The highest BCUT2D eigenvalue weighted by molar-refractivity contribution is 5.92. The van der Waals surface area contributed by atoms with E-state index in [1.165, 1.54) is 0 Å². The van der Waals surface area contributed by atoms with E-state index < -0.39 is 12.8 Å². The van der Waals surface area contributed by atoms with Crippen LogP contribution in [0.1, 0.15) is 0 Å². The first-order chi connectivity index (χ1) is 8.47. The molecule has 0 fully saturated rings. The Hall–Kier alpha value is -1.76. The summed E-state index contributed by atoms with van der Waals surface area (Å²) >= 11 is 0. The Labute approximate surface area is 103 Å². The molecule has 1 rings (SSSR count). The second-order valence-corrected chi connectivity index (χ2v) is 3.43. The minimum absolute atomic E-state index is 0.0712. The summed E-state index contributed by atoms with van der Waals surface area (Å²) in [5.41, 5.74) is 6.29. The van der Waals surface area contributed by atoms with Crippen molar-refractivity contribution in [2.75, 3.05) is 25.1 Å². The van der Waals surface area contributed by atoms with E-state index in [-0.39, 0.29) is 19.1 Å². The molecule has 0 radical (unpaired) electrons. The fourth-order valence-corrected chi connectivity index (χ4v) is 1.13. The largest absolute Gasteiger partial charge is 0.411 e. The Morgan fingerprint density at radius 3 is 2.56 bits per heavy atom. The number of rotatable bonds is 5. The van der Waals surface area contributed by atoms with Crippen LogP contribution in [0.3, 0.4) is 0 Å². The second kappa shape index (κ2) is 6.85. The topological polar surface area (TPSA) is 59.6 Å². The van der Waals surface area contributed by atoms with Gasteiger partial charge in [0.05, 0.1) is 13.2 Å². The third-order valence-electron chi connectivity index (χ3n) is 1.83. The van der Waals surface area contributed by atoms with Gasteiger partial charge in [-0.25, -0.2) is 0 Å². The Bertz CT molecular complexity index is 379. The average Bonchev–Trinajstić information content (AvgIpc) is 2.28. The van der Waals surface area contributed by atoms with E-state index in [0.717, 1.165) is 5.69 Å². The molecule has 0 aliphatic heterocycles. The summed E-state index contributed by atoms with van der Waals surface area (Å²) in [6.45, 7) is -1.33. The Kier molecular flexibility index (Phi) is 5.44. The summed E-state index contributed by atoms with van der Waals surface area (Å²) in [6.07, 6.45) is -4.31. The smallest absolute Gasteiger partial charge is 0.370 e. The molecule has 0 aromatic heterocycles. The number of nitrogens with zero attached hydrogens (tertiary/aromatic N) is 1. The third-order valence-corrected chi connectivity index (χ3v) is 1.83. The molecular weight excluding hydrogens is 247 g/mol. The normalized spacial score (nSPS) is 12.5. The van der Waals surface area contributed by atoms with Crippen LogP contribution in [0.5, 0.6) is 0 Å². The molecule has 1 aromatic carbocycles. The summed E-state index contributed by atoms with van der Waals surface area (Å²) < 4.78 is 39.6. The molecule has 1 aromatic rings. The van der Waals surface area contributed by atoms with Gasteiger partial charge in [0.15, 0.2) is 5.96 Å². The van der Waals surface area contributed by atoms with Crippen molar-refractivity contribution in [3.63, 3.8) is 0 Å². The highest BCUT2D eigenvalue weighted by Crippen LogP contribution is 2.14. The van der Waals surface area contributed by atoms with Gasteiger partial charge < -0.3 is 15.8 Å². The average molecular weight is 261 g/mol. The first-order valence-electron chi connectivity index (χ1n) is 5.24. The predicted octanol–water partition coefficient (Wildman–Crippen LogP) is 1.99. The summed E-state index contributed by atoms with van der Waals surface area (Å²) in [5, 5.41) is 2.80. The molecule has 0 unspecified atom stereocenters. The maximum absolute atomic E-state index is 11.7. The van der Waals surface area contributed by atoms with Crippen LogP contribution in [0.25, 0.3) is 0 Å². The number of alkyl halides is 3. The number of guanidine groups is 1. The number of nitrogens with two attached hydrogens (primary N) is 1. The molecule has 0 amide bonds. The highest BCUT2D eigenvalue weighted by atomic mass is 19.4. The van der Waals surface area contributed by atoms with E-state index in [9.17, 15) is 13.2 Å². The number of hydrogen-bond acceptors (Lipinski definition) is 2. The first kappa shape index (κ1) is 14.3. The standard InChI is InChI=1S/C11H14F3N3O/c12-11(13,14)8-18-7-6-16-10(15)17-9-4-2-1-3-5-9/h1-5H,6-8H2,(H3,15,16,17).